The van der Waals surface area contributed by atoms with Gasteiger partial charge in [-0.3, -0.25) is 0 Å². The third-order valence-electron chi connectivity index (χ3n) is 4.81. The molecule has 1 saturated carbocycles. The molecule has 1 atom stereocenters. The minimum absolute atomic E-state index is 0.632. The van der Waals surface area contributed by atoms with E-state index in [1.807, 2.05) is 0 Å². The second-order valence-electron chi connectivity index (χ2n) is 6.91. The largest absolute Gasteiger partial charge is 0.312 e. The van der Waals surface area contributed by atoms with Gasteiger partial charge in [-0.05, 0) is 56.8 Å². The predicted octanol–water partition coefficient (Wildman–Crippen LogP) is 3.42. The van der Waals surface area contributed by atoms with Crippen molar-refractivity contribution in [2.45, 2.75) is 51.6 Å². The Morgan fingerprint density at radius 2 is 1.85 bits per heavy atom. The van der Waals surface area contributed by atoms with Crippen molar-refractivity contribution in [1.82, 2.24) is 10.2 Å². The average molecular weight is 274 g/mol. The lowest BCUT2D eigenvalue weighted by molar-refractivity contribution is 0.197. The standard InChI is InChI=1S/C18H30N2/c1-13(2)18(20(4)5)12-19-16-10-15(11-16)17-9-7-6-8-14(17)3/h6-9,13,15-16,18-19H,10-12H2,1-5H3. The van der Waals surface area contributed by atoms with Gasteiger partial charge in [0.1, 0.15) is 0 Å². The van der Waals surface area contributed by atoms with Crippen LogP contribution in [-0.4, -0.2) is 37.6 Å². The van der Waals surface area contributed by atoms with Crippen LogP contribution in [0.2, 0.25) is 0 Å². The van der Waals surface area contributed by atoms with Gasteiger partial charge in [-0.1, -0.05) is 38.1 Å². The molecule has 0 heterocycles. The Hall–Kier alpha value is -0.860. The van der Waals surface area contributed by atoms with Crippen LogP contribution in [0.5, 0.6) is 0 Å². The molecule has 0 spiro atoms. The highest BCUT2D eigenvalue weighted by atomic mass is 15.1. The van der Waals surface area contributed by atoms with Crippen LogP contribution in [0, 0.1) is 12.8 Å². The second-order valence-corrected chi connectivity index (χ2v) is 6.91. The van der Waals surface area contributed by atoms with Crippen LogP contribution in [0.1, 0.15) is 43.7 Å². The van der Waals surface area contributed by atoms with Gasteiger partial charge in [0.15, 0.2) is 0 Å². The fraction of sp³-hybridized carbons (Fsp3) is 0.667. The van der Waals surface area contributed by atoms with E-state index in [0.29, 0.717) is 18.0 Å². The van der Waals surface area contributed by atoms with Gasteiger partial charge in [0, 0.05) is 18.6 Å². The molecule has 0 aliphatic heterocycles. The highest BCUT2D eigenvalue weighted by molar-refractivity contribution is 5.31. The molecule has 0 saturated heterocycles. The summed E-state index contributed by atoms with van der Waals surface area (Å²) in [6.07, 6.45) is 2.59. The molecular formula is C18H30N2. The van der Waals surface area contributed by atoms with E-state index in [0.717, 1.165) is 12.5 Å². The zero-order valence-corrected chi connectivity index (χ0v) is 13.7. The van der Waals surface area contributed by atoms with E-state index in [9.17, 15) is 0 Å². The van der Waals surface area contributed by atoms with Crippen LogP contribution in [0.4, 0.5) is 0 Å². The van der Waals surface area contributed by atoms with Gasteiger partial charge in [-0.15, -0.1) is 0 Å². The molecule has 1 aliphatic rings. The molecule has 0 radical (unpaired) electrons. The van der Waals surface area contributed by atoms with E-state index in [1.54, 1.807) is 5.56 Å². The quantitative estimate of drug-likeness (QED) is 0.855. The van der Waals surface area contributed by atoms with Crippen LogP contribution >= 0.6 is 0 Å². The highest BCUT2D eigenvalue weighted by Crippen LogP contribution is 2.38. The van der Waals surface area contributed by atoms with Gasteiger partial charge >= 0.3 is 0 Å². The van der Waals surface area contributed by atoms with Gasteiger partial charge in [0.05, 0.1) is 0 Å². The molecule has 1 N–H and O–H groups in total. The highest BCUT2D eigenvalue weighted by Gasteiger charge is 2.31. The zero-order chi connectivity index (χ0) is 14.7. The van der Waals surface area contributed by atoms with E-state index >= 15 is 0 Å². The van der Waals surface area contributed by atoms with Crippen molar-refractivity contribution in [3.05, 3.63) is 35.4 Å². The summed E-state index contributed by atoms with van der Waals surface area (Å²) in [5, 5.41) is 3.76. The van der Waals surface area contributed by atoms with Crippen molar-refractivity contribution in [2.24, 2.45) is 5.92 Å². The second kappa shape index (κ2) is 6.73. The lowest BCUT2D eigenvalue weighted by atomic mass is 9.74. The molecule has 1 aromatic rings. The maximum absolute atomic E-state index is 3.76. The van der Waals surface area contributed by atoms with Crippen LogP contribution in [-0.2, 0) is 0 Å². The van der Waals surface area contributed by atoms with E-state index in [1.165, 1.54) is 18.4 Å². The van der Waals surface area contributed by atoms with Gasteiger partial charge in [-0.2, -0.15) is 0 Å². The van der Waals surface area contributed by atoms with Gasteiger partial charge in [-0.25, -0.2) is 0 Å². The summed E-state index contributed by atoms with van der Waals surface area (Å²) in [6, 6.07) is 10.2. The molecule has 0 bridgehead atoms. The molecule has 2 heteroatoms. The SMILES string of the molecule is Cc1ccccc1C1CC(NCC(C(C)C)N(C)C)C1. The summed E-state index contributed by atoms with van der Waals surface area (Å²) in [5.41, 5.74) is 3.00. The first-order valence-electron chi connectivity index (χ1n) is 7.94. The Labute approximate surface area is 124 Å². The third kappa shape index (κ3) is 3.62. The molecule has 2 nitrogen and oxygen atoms in total. The number of nitrogens with one attached hydrogen (secondary N) is 1. The molecular weight excluding hydrogens is 244 g/mol. The topological polar surface area (TPSA) is 15.3 Å². The Morgan fingerprint density at radius 1 is 1.20 bits per heavy atom. The summed E-state index contributed by atoms with van der Waals surface area (Å²) in [5.74, 6) is 1.47. The fourth-order valence-corrected chi connectivity index (χ4v) is 3.39. The Kier molecular flexibility index (Phi) is 5.22. The third-order valence-corrected chi connectivity index (χ3v) is 4.81. The number of hydrogen-bond donors (Lipinski definition) is 1. The lowest BCUT2D eigenvalue weighted by Gasteiger charge is -2.39. The summed E-state index contributed by atoms with van der Waals surface area (Å²) >= 11 is 0. The van der Waals surface area contributed by atoms with Gasteiger partial charge in [0.25, 0.3) is 0 Å². The number of nitrogens with zero attached hydrogens (tertiary/aromatic N) is 1. The van der Waals surface area contributed by atoms with Crippen LogP contribution in [0.25, 0.3) is 0 Å². The minimum Gasteiger partial charge on any atom is -0.312 e. The van der Waals surface area contributed by atoms with Crippen LogP contribution < -0.4 is 5.32 Å². The maximum atomic E-state index is 3.76. The van der Waals surface area contributed by atoms with E-state index < -0.39 is 0 Å². The summed E-state index contributed by atoms with van der Waals surface area (Å²) < 4.78 is 0. The van der Waals surface area contributed by atoms with Crippen molar-refractivity contribution in [3.63, 3.8) is 0 Å². The van der Waals surface area contributed by atoms with Gasteiger partial charge in [0.2, 0.25) is 0 Å². The molecule has 112 valence electrons. The Bertz CT molecular complexity index is 411. The summed E-state index contributed by atoms with van der Waals surface area (Å²) in [4.78, 5) is 2.34. The summed E-state index contributed by atoms with van der Waals surface area (Å²) in [7, 11) is 4.37. The number of benzene rings is 1. The number of rotatable bonds is 6. The molecule has 0 amide bonds. The van der Waals surface area contributed by atoms with Gasteiger partial charge < -0.3 is 10.2 Å². The van der Waals surface area contributed by atoms with Crippen LogP contribution in [0.15, 0.2) is 24.3 Å². The summed E-state index contributed by atoms with van der Waals surface area (Å²) in [6.45, 7) is 7.96. The molecule has 2 rings (SSSR count). The average Bonchev–Trinajstić information content (AvgIpc) is 2.32. The number of aryl methyl sites for hydroxylation is 1. The van der Waals surface area contributed by atoms with Crippen molar-refractivity contribution in [3.8, 4) is 0 Å². The Balaban J connectivity index is 1.78. The lowest BCUT2D eigenvalue weighted by Crippen LogP contribution is -2.48. The molecule has 1 unspecified atom stereocenters. The number of likely N-dealkylation sites (N-methyl/N-ethyl adjacent to an activating group) is 1. The molecule has 20 heavy (non-hydrogen) atoms. The molecule has 1 aliphatic carbocycles. The smallest absolute Gasteiger partial charge is 0.0237 e. The first-order valence-corrected chi connectivity index (χ1v) is 7.94. The normalized spacial score (nSPS) is 23.9. The molecule has 1 aromatic carbocycles. The molecule has 1 fully saturated rings. The van der Waals surface area contributed by atoms with Crippen molar-refractivity contribution in [2.75, 3.05) is 20.6 Å². The molecule has 0 aromatic heterocycles. The first kappa shape index (κ1) is 15.5. The Morgan fingerprint density at radius 3 is 2.40 bits per heavy atom. The maximum Gasteiger partial charge on any atom is 0.0237 e. The van der Waals surface area contributed by atoms with Crippen molar-refractivity contribution < 1.29 is 0 Å². The van der Waals surface area contributed by atoms with E-state index in [4.69, 9.17) is 0 Å². The minimum atomic E-state index is 0.632. The predicted molar refractivity (Wildman–Crippen MR) is 87.3 cm³/mol. The first-order chi connectivity index (χ1) is 9.49. The van der Waals surface area contributed by atoms with E-state index in [2.05, 4.69) is 69.3 Å². The fourth-order valence-electron chi connectivity index (χ4n) is 3.39. The zero-order valence-electron chi connectivity index (χ0n) is 13.7. The van der Waals surface area contributed by atoms with Crippen molar-refractivity contribution >= 4 is 0 Å². The van der Waals surface area contributed by atoms with Crippen LogP contribution in [0.3, 0.4) is 0 Å². The monoisotopic (exact) mass is 274 g/mol. The van der Waals surface area contributed by atoms with Crippen molar-refractivity contribution in [1.29, 1.82) is 0 Å². The number of hydrogen-bond acceptors (Lipinski definition) is 2. The van der Waals surface area contributed by atoms with E-state index in [-0.39, 0.29) is 0 Å².